The summed E-state index contributed by atoms with van der Waals surface area (Å²) in [6.07, 6.45) is 0. The summed E-state index contributed by atoms with van der Waals surface area (Å²) in [5, 5.41) is 1.40. The van der Waals surface area contributed by atoms with Gasteiger partial charge < -0.3 is 0 Å². The number of rotatable bonds is 1. The molecule has 90 valence electrons. The van der Waals surface area contributed by atoms with Crippen molar-refractivity contribution in [2.24, 2.45) is 4.99 Å². The largest absolute Gasteiger partial charge is 0.331 e. The van der Waals surface area contributed by atoms with Crippen LogP contribution in [0.25, 0.3) is 0 Å². The van der Waals surface area contributed by atoms with Crippen molar-refractivity contribution in [1.82, 2.24) is 4.90 Å². The van der Waals surface area contributed by atoms with E-state index in [0.717, 1.165) is 10.9 Å². The van der Waals surface area contributed by atoms with Crippen LogP contribution in [0.3, 0.4) is 0 Å². The van der Waals surface area contributed by atoms with E-state index in [1.807, 2.05) is 12.1 Å². The van der Waals surface area contributed by atoms with E-state index in [1.165, 1.54) is 11.8 Å². The van der Waals surface area contributed by atoms with Gasteiger partial charge in [-0.1, -0.05) is 23.4 Å². The number of anilines is 1. The van der Waals surface area contributed by atoms with E-state index in [9.17, 15) is 4.79 Å². The number of carbonyl (C=O) groups excluding carboxylic acids is 1. The molecule has 1 aliphatic rings. The third-order valence-corrected chi connectivity index (χ3v) is 3.81. The van der Waals surface area contributed by atoms with Crippen LogP contribution in [0, 0.1) is 0 Å². The smallest absolute Gasteiger partial charge is 0.284 e. The van der Waals surface area contributed by atoms with Gasteiger partial charge in [0.2, 0.25) is 0 Å². The second-order valence-electron chi connectivity index (χ2n) is 3.53. The van der Waals surface area contributed by atoms with Crippen LogP contribution in [-0.2, 0) is 0 Å². The van der Waals surface area contributed by atoms with Crippen molar-refractivity contribution in [1.29, 1.82) is 0 Å². The molecule has 0 saturated carbocycles. The minimum atomic E-state index is -0.0772. The lowest BCUT2D eigenvalue weighted by atomic mass is 10.3. The van der Waals surface area contributed by atoms with Gasteiger partial charge >= 0.3 is 6.03 Å². The number of aliphatic imine (C=N–C) groups is 1. The van der Waals surface area contributed by atoms with Gasteiger partial charge in [-0.3, -0.25) is 14.8 Å². The Bertz CT molecular complexity index is 460. The van der Waals surface area contributed by atoms with Crippen molar-refractivity contribution in [3.8, 4) is 0 Å². The average Bonchev–Trinajstić information content (AvgIpc) is 2.34. The number of benzene rings is 1. The SMILES string of the molecule is CN=C1SCN(c2ccc(Cl)cc2)C(=O)N1C. The van der Waals surface area contributed by atoms with E-state index in [0.29, 0.717) is 10.9 Å². The number of hydrogen-bond acceptors (Lipinski definition) is 3. The molecule has 4 nitrogen and oxygen atoms in total. The first-order valence-corrected chi connectivity index (χ1v) is 6.40. The molecule has 0 aromatic heterocycles. The molecule has 1 aromatic carbocycles. The molecule has 0 aliphatic carbocycles. The van der Waals surface area contributed by atoms with Gasteiger partial charge in [0, 0.05) is 24.8 Å². The number of hydrogen-bond donors (Lipinski definition) is 0. The first-order chi connectivity index (χ1) is 8.13. The summed E-state index contributed by atoms with van der Waals surface area (Å²) in [5.74, 6) is 0.567. The molecule has 0 spiro atoms. The minimum absolute atomic E-state index is 0.0772. The summed E-state index contributed by atoms with van der Waals surface area (Å²) < 4.78 is 0. The Morgan fingerprint density at radius 1 is 1.35 bits per heavy atom. The molecule has 0 bridgehead atoms. The number of thioether (sulfide) groups is 1. The Morgan fingerprint density at radius 3 is 2.59 bits per heavy atom. The molecule has 1 aliphatic heterocycles. The van der Waals surface area contributed by atoms with Crippen LogP contribution >= 0.6 is 23.4 Å². The highest BCUT2D eigenvalue weighted by Gasteiger charge is 2.28. The Hall–Kier alpha value is -1.20. The zero-order chi connectivity index (χ0) is 12.4. The molecular formula is C11H12ClN3OS. The molecule has 0 N–H and O–H groups in total. The van der Waals surface area contributed by atoms with Gasteiger partial charge in [-0.2, -0.15) is 0 Å². The molecule has 1 heterocycles. The van der Waals surface area contributed by atoms with Gasteiger partial charge in [0.15, 0.2) is 5.17 Å². The van der Waals surface area contributed by atoms with Gasteiger partial charge in [-0.15, -0.1) is 0 Å². The van der Waals surface area contributed by atoms with Crippen molar-refractivity contribution in [3.63, 3.8) is 0 Å². The van der Waals surface area contributed by atoms with Gasteiger partial charge in [0.25, 0.3) is 0 Å². The molecule has 2 amide bonds. The number of nitrogens with zero attached hydrogens (tertiary/aromatic N) is 3. The molecule has 1 aromatic rings. The van der Waals surface area contributed by atoms with Crippen LogP contribution < -0.4 is 4.90 Å². The van der Waals surface area contributed by atoms with Crippen LogP contribution in [-0.4, -0.2) is 36.1 Å². The number of carbonyl (C=O) groups is 1. The molecule has 6 heteroatoms. The highest BCUT2D eigenvalue weighted by atomic mass is 35.5. The third kappa shape index (κ3) is 2.40. The molecule has 0 radical (unpaired) electrons. The van der Waals surface area contributed by atoms with Crippen LogP contribution in [0.4, 0.5) is 10.5 Å². The van der Waals surface area contributed by atoms with E-state index in [2.05, 4.69) is 4.99 Å². The monoisotopic (exact) mass is 269 g/mol. The summed E-state index contributed by atoms with van der Waals surface area (Å²) in [6, 6.07) is 7.15. The number of halogens is 1. The van der Waals surface area contributed by atoms with Crippen molar-refractivity contribution in [2.45, 2.75) is 0 Å². The Labute approximate surface area is 109 Å². The second kappa shape index (κ2) is 4.98. The first kappa shape index (κ1) is 12.3. The zero-order valence-corrected chi connectivity index (χ0v) is 11.1. The maximum absolute atomic E-state index is 12.1. The fourth-order valence-electron chi connectivity index (χ4n) is 1.56. The van der Waals surface area contributed by atoms with Gasteiger partial charge in [0.1, 0.15) is 0 Å². The second-order valence-corrected chi connectivity index (χ2v) is 4.87. The molecule has 17 heavy (non-hydrogen) atoms. The highest BCUT2D eigenvalue weighted by Crippen LogP contribution is 2.26. The van der Waals surface area contributed by atoms with Gasteiger partial charge in [-0.05, 0) is 24.3 Å². The van der Waals surface area contributed by atoms with Crippen LogP contribution in [0.15, 0.2) is 29.3 Å². The quantitative estimate of drug-likeness (QED) is 0.786. The van der Waals surface area contributed by atoms with Gasteiger partial charge in [-0.25, -0.2) is 4.79 Å². The number of urea groups is 1. The summed E-state index contributed by atoms with van der Waals surface area (Å²) >= 11 is 7.35. The standard InChI is InChI=1S/C11H12ClN3OS/c1-13-10-14(2)11(16)15(7-17-10)9-5-3-8(12)4-6-9/h3-6H,7H2,1-2H3. The zero-order valence-electron chi connectivity index (χ0n) is 9.55. The third-order valence-electron chi connectivity index (χ3n) is 2.46. The average molecular weight is 270 g/mol. The lowest BCUT2D eigenvalue weighted by Crippen LogP contribution is -2.48. The first-order valence-electron chi connectivity index (χ1n) is 5.04. The Kier molecular flexibility index (Phi) is 3.59. The van der Waals surface area contributed by atoms with E-state index in [-0.39, 0.29) is 6.03 Å². The molecule has 1 fully saturated rings. The fraction of sp³-hybridized carbons (Fsp3) is 0.273. The highest BCUT2D eigenvalue weighted by molar-refractivity contribution is 8.14. The maximum atomic E-state index is 12.1. The molecule has 0 atom stereocenters. The van der Waals surface area contributed by atoms with Crippen LogP contribution in [0.2, 0.25) is 5.02 Å². The molecule has 0 unspecified atom stereocenters. The summed E-state index contributed by atoms with van der Waals surface area (Å²) in [5.41, 5.74) is 0.842. The summed E-state index contributed by atoms with van der Waals surface area (Å²) in [7, 11) is 3.41. The molecular weight excluding hydrogens is 258 g/mol. The van der Waals surface area contributed by atoms with Crippen LogP contribution in [0.1, 0.15) is 0 Å². The Morgan fingerprint density at radius 2 is 2.00 bits per heavy atom. The normalized spacial score (nSPS) is 19.0. The number of amidine groups is 1. The number of amides is 2. The predicted molar refractivity (Wildman–Crippen MR) is 72.9 cm³/mol. The van der Waals surface area contributed by atoms with Crippen molar-refractivity contribution in [2.75, 3.05) is 24.9 Å². The topological polar surface area (TPSA) is 35.9 Å². The summed E-state index contributed by atoms with van der Waals surface area (Å²) in [4.78, 5) is 19.4. The lowest BCUT2D eigenvalue weighted by Gasteiger charge is -2.33. The fourth-order valence-corrected chi connectivity index (χ4v) is 2.59. The molecule has 2 rings (SSSR count). The van der Waals surface area contributed by atoms with E-state index < -0.39 is 0 Å². The maximum Gasteiger partial charge on any atom is 0.331 e. The van der Waals surface area contributed by atoms with Crippen molar-refractivity contribution in [3.05, 3.63) is 29.3 Å². The molecule has 1 saturated heterocycles. The van der Waals surface area contributed by atoms with Gasteiger partial charge in [0.05, 0.1) is 5.88 Å². The van der Waals surface area contributed by atoms with E-state index in [1.54, 1.807) is 36.0 Å². The van der Waals surface area contributed by atoms with E-state index >= 15 is 0 Å². The Balaban J connectivity index is 2.24. The minimum Gasteiger partial charge on any atom is -0.284 e. The summed E-state index contributed by atoms with van der Waals surface area (Å²) in [6.45, 7) is 0. The van der Waals surface area contributed by atoms with E-state index in [4.69, 9.17) is 11.6 Å². The van der Waals surface area contributed by atoms with Crippen molar-refractivity contribution >= 4 is 40.2 Å². The lowest BCUT2D eigenvalue weighted by molar-refractivity contribution is 0.233. The predicted octanol–water partition coefficient (Wildman–Crippen LogP) is 2.89. The van der Waals surface area contributed by atoms with Crippen molar-refractivity contribution < 1.29 is 4.79 Å². The van der Waals surface area contributed by atoms with Crippen LogP contribution in [0.5, 0.6) is 0 Å².